The third kappa shape index (κ3) is 2.63. The molecule has 0 spiro atoms. The number of hydrogen-bond acceptors (Lipinski definition) is 2. The van der Waals surface area contributed by atoms with E-state index in [9.17, 15) is 26.3 Å². The summed E-state index contributed by atoms with van der Waals surface area (Å²) in [5, 5.41) is 8.70. The van der Waals surface area contributed by atoms with Gasteiger partial charge in [0.25, 0.3) is 0 Å². The summed E-state index contributed by atoms with van der Waals surface area (Å²) >= 11 is 0. The van der Waals surface area contributed by atoms with Crippen molar-refractivity contribution in [2.75, 3.05) is 5.32 Å². The summed E-state index contributed by atoms with van der Waals surface area (Å²) < 4.78 is 74.9. The van der Waals surface area contributed by atoms with Gasteiger partial charge in [0.2, 0.25) is 0 Å². The van der Waals surface area contributed by atoms with E-state index in [-0.39, 0.29) is 0 Å². The molecule has 0 radical (unpaired) electrons. The van der Waals surface area contributed by atoms with E-state index < -0.39 is 23.8 Å². The predicted molar refractivity (Wildman–Crippen MR) is 47.1 cm³/mol. The molecule has 0 heterocycles. The second kappa shape index (κ2) is 4.10. The lowest BCUT2D eigenvalue weighted by Gasteiger charge is -2.30. The minimum absolute atomic E-state index is 0.485. The van der Waals surface area contributed by atoms with Crippen LogP contribution in [0.4, 0.5) is 32.0 Å². The van der Waals surface area contributed by atoms with E-state index in [0.29, 0.717) is 0 Å². The maximum atomic E-state index is 12.9. The van der Waals surface area contributed by atoms with Crippen molar-refractivity contribution in [3.63, 3.8) is 0 Å². The van der Waals surface area contributed by atoms with Crippen LogP contribution in [-0.4, -0.2) is 23.2 Å². The van der Waals surface area contributed by atoms with Gasteiger partial charge in [-0.3, -0.25) is 0 Å². The Kier molecular flexibility index (Phi) is 3.28. The van der Waals surface area contributed by atoms with E-state index in [4.69, 9.17) is 5.11 Å². The van der Waals surface area contributed by atoms with Crippen LogP contribution in [0.2, 0.25) is 0 Å². The molecule has 17 heavy (non-hydrogen) atoms. The van der Waals surface area contributed by atoms with Gasteiger partial charge in [0, 0.05) is 5.69 Å². The van der Waals surface area contributed by atoms with Crippen LogP contribution in [0.3, 0.4) is 0 Å². The molecule has 0 amide bonds. The normalized spacial score (nSPS) is 13.6. The smallest absolute Gasteiger partial charge is 0.331 e. The molecule has 0 saturated heterocycles. The zero-order valence-corrected chi connectivity index (χ0v) is 8.10. The summed E-state index contributed by atoms with van der Waals surface area (Å²) in [6.45, 7) is 0. The summed E-state index contributed by atoms with van der Waals surface area (Å²) in [4.78, 5) is 0. The van der Waals surface area contributed by atoms with Crippen LogP contribution in [0.15, 0.2) is 30.3 Å². The molecular formula is C9H7F6NO. The van der Waals surface area contributed by atoms with Gasteiger partial charge < -0.3 is 10.4 Å². The molecule has 1 aromatic carbocycles. The summed E-state index contributed by atoms with van der Waals surface area (Å²) in [6, 6.07) is 0.578. The Morgan fingerprint density at radius 1 is 0.882 bits per heavy atom. The van der Waals surface area contributed by atoms with Crippen molar-refractivity contribution < 1.29 is 31.4 Å². The lowest BCUT2D eigenvalue weighted by atomic mass is 10.2. The second-order valence-corrected chi connectivity index (χ2v) is 3.18. The molecule has 0 aromatic heterocycles. The average Bonchev–Trinajstić information content (AvgIpc) is 2.16. The van der Waals surface area contributed by atoms with Gasteiger partial charge in [0.15, 0.2) is 0 Å². The predicted octanol–water partition coefficient (Wildman–Crippen LogP) is 2.91. The molecule has 0 aliphatic heterocycles. The largest absolute Gasteiger partial charge is 0.425 e. The Morgan fingerprint density at radius 3 is 1.76 bits per heavy atom. The number of benzene rings is 1. The lowest BCUT2D eigenvalue weighted by Crippen LogP contribution is -2.57. The van der Waals surface area contributed by atoms with Gasteiger partial charge in [-0.05, 0) is 12.1 Å². The summed E-state index contributed by atoms with van der Waals surface area (Å²) in [6.07, 6.45) is -5.84. The van der Waals surface area contributed by atoms with E-state index in [1.54, 1.807) is 0 Å². The molecule has 0 saturated carbocycles. The van der Waals surface area contributed by atoms with Crippen LogP contribution in [0, 0.1) is 0 Å². The Balaban J connectivity index is 2.96. The highest BCUT2D eigenvalue weighted by atomic mass is 19.3. The average molecular weight is 259 g/mol. The fourth-order valence-electron chi connectivity index (χ4n) is 0.970. The first-order valence-corrected chi connectivity index (χ1v) is 4.27. The quantitative estimate of drug-likeness (QED) is 0.643. The SMILES string of the molecule is OC(F)(F)C(F)(F)C(F)(F)Nc1ccccc1. The molecule has 2 nitrogen and oxygen atoms in total. The van der Waals surface area contributed by atoms with Crippen LogP contribution >= 0.6 is 0 Å². The minimum atomic E-state index is -5.93. The third-order valence-electron chi connectivity index (χ3n) is 1.85. The molecule has 0 bridgehead atoms. The Hall–Kier alpha value is -1.44. The maximum absolute atomic E-state index is 12.9. The minimum Gasteiger partial charge on any atom is -0.331 e. The van der Waals surface area contributed by atoms with Crippen LogP contribution < -0.4 is 5.32 Å². The summed E-state index contributed by atoms with van der Waals surface area (Å²) in [7, 11) is 0. The molecule has 2 N–H and O–H groups in total. The fourth-order valence-corrected chi connectivity index (χ4v) is 0.970. The molecule has 0 atom stereocenters. The molecule has 0 fully saturated rings. The van der Waals surface area contributed by atoms with Gasteiger partial charge in [-0.2, -0.15) is 26.3 Å². The van der Waals surface area contributed by atoms with E-state index >= 15 is 0 Å². The highest BCUT2D eigenvalue weighted by Gasteiger charge is 2.72. The topological polar surface area (TPSA) is 32.3 Å². The van der Waals surface area contributed by atoms with E-state index in [1.807, 2.05) is 0 Å². The van der Waals surface area contributed by atoms with Crippen LogP contribution in [-0.2, 0) is 0 Å². The van der Waals surface area contributed by atoms with Crippen LogP contribution in [0.1, 0.15) is 0 Å². The summed E-state index contributed by atoms with van der Waals surface area (Å²) in [5.74, 6) is -5.93. The second-order valence-electron chi connectivity index (χ2n) is 3.18. The number of aliphatic hydroxyl groups is 1. The van der Waals surface area contributed by atoms with E-state index in [2.05, 4.69) is 0 Å². The molecule has 0 aliphatic rings. The number of para-hydroxylation sites is 1. The number of alkyl halides is 6. The lowest BCUT2D eigenvalue weighted by molar-refractivity contribution is -0.377. The van der Waals surface area contributed by atoms with E-state index in [0.717, 1.165) is 17.4 Å². The molecule has 96 valence electrons. The zero-order valence-electron chi connectivity index (χ0n) is 8.10. The standard InChI is InChI=1S/C9H7F6NO/c10-7(11,9(14,15)17)8(12,13)16-6-4-2-1-3-5-6/h1-5,16-17H. The van der Waals surface area contributed by atoms with Crippen molar-refractivity contribution in [3.8, 4) is 0 Å². The number of anilines is 1. The van der Waals surface area contributed by atoms with Gasteiger partial charge >= 0.3 is 18.1 Å². The first kappa shape index (κ1) is 13.6. The highest BCUT2D eigenvalue weighted by molar-refractivity contribution is 5.44. The van der Waals surface area contributed by atoms with Crippen molar-refractivity contribution in [3.05, 3.63) is 30.3 Å². The fraction of sp³-hybridized carbons (Fsp3) is 0.333. The molecule has 8 heteroatoms. The Bertz CT molecular complexity index is 375. The monoisotopic (exact) mass is 259 g/mol. The Labute approximate surface area is 91.9 Å². The molecule has 0 aliphatic carbocycles. The van der Waals surface area contributed by atoms with Gasteiger partial charge in [-0.25, -0.2) is 0 Å². The van der Waals surface area contributed by atoms with Gasteiger partial charge in [0.05, 0.1) is 0 Å². The zero-order chi connectivity index (χ0) is 13.3. The van der Waals surface area contributed by atoms with E-state index in [1.165, 1.54) is 18.2 Å². The highest BCUT2D eigenvalue weighted by Crippen LogP contribution is 2.44. The number of hydrogen-bond donors (Lipinski definition) is 2. The first-order chi connectivity index (χ1) is 7.58. The van der Waals surface area contributed by atoms with Gasteiger partial charge in [0.1, 0.15) is 0 Å². The van der Waals surface area contributed by atoms with Crippen molar-refractivity contribution >= 4 is 5.69 Å². The van der Waals surface area contributed by atoms with Gasteiger partial charge in [-0.1, -0.05) is 18.2 Å². The Morgan fingerprint density at radius 2 is 1.35 bits per heavy atom. The molecule has 0 unspecified atom stereocenters. The van der Waals surface area contributed by atoms with Crippen molar-refractivity contribution in [1.82, 2.24) is 0 Å². The van der Waals surface area contributed by atoms with Gasteiger partial charge in [-0.15, -0.1) is 0 Å². The maximum Gasteiger partial charge on any atom is 0.425 e. The molecule has 1 rings (SSSR count). The number of halogens is 6. The number of nitrogens with one attached hydrogen (secondary N) is 1. The third-order valence-corrected chi connectivity index (χ3v) is 1.85. The van der Waals surface area contributed by atoms with Crippen molar-refractivity contribution in [1.29, 1.82) is 0 Å². The van der Waals surface area contributed by atoms with Crippen molar-refractivity contribution in [2.45, 2.75) is 18.1 Å². The summed E-state index contributed by atoms with van der Waals surface area (Å²) in [5.41, 5.74) is -0.485. The van der Waals surface area contributed by atoms with Crippen LogP contribution in [0.5, 0.6) is 0 Å². The molecule has 1 aromatic rings. The number of rotatable bonds is 4. The van der Waals surface area contributed by atoms with Crippen molar-refractivity contribution in [2.24, 2.45) is 0 Å². The van der Waals surface area contributed by atoms with Crippen LogP contribution in [0.25, 0.3) is 0 Å². The molecular weight excluding hydrogens is 252 g/mol. The first-order valence-electron chi connectivity index (χ1n) is 4.27.